The summed E-state index contributed by atoms with van der Waals surface area (Å²) >= 11 is 6.95. The molecule has 2 aliphatic carbocycles. The molecule has 2 aliphatic rings. The summed E-state index contributed by atoms with van der Waals surface area (Å²) in [5.74, 6) is 0.279. The zero-order valence-electron chi connectivity index (χ0n) is 13.3. The molecule has 0 atom stereocenters. The van der Waals surface area contributed by atoms with Gasteiger partial charge in [-0.1, -0.05) is 61.3 Å². The van der Waals surface area contributed by atoms with E-state index in [2.05, 4.69) is 49.1 Å². The summed E-state index contributed by atoms with van der Waals surface area (Å²) in [5.41, 5.74) is 5.70. The fourth-order valence-electron chi connectivity index (χ4n) is 3.11. The van der Waals surface area contributed by atoms with Crippen molar-refractivity contribution in [3.63, 3.8) is 0 Å². The van der Waals surface area contributed by atoms with E-state index in [1.165, 1.54) is 21.2 Å². The number of nitrogens with zero attached hydrogens (tertiary/aromatic N) is 1. The highest BCUT2D eigenvalue weighted by molar-refractivity contribution is 9.10. The van der Waals surface area contributed by atoms with Gasteiger partial charge in [0.2, 0.25) is 0 Å². The van der Waals surface area contributed by atoms with E-state index in [0.29, 0.717) is 6.42 Å². The molecule has 0 saturated heterocycles. The van der Waals surface area contributed by atoms with Gasteiger partial charge in [-0.05, 0) is 42.5 Å². The molecule has 124 valence electrons. The maximum Gasteiger partial charge on any atom is 0.163 e. The van der Waals surface area contributed by atoms with E-state index in [9.17, 15) is 4.79 Å². The zero-order chi connectivity index (χ0) is 17.1. The minimum atomic E-state index is 0.279. The molecule has 0 saturated carbocycles. The second-order valence-electron chi connectivity index (χ2n) is 5.68. The molecule has 4 rings (SSSR count). The number of benzene rings is 2. The van der Waals surface area contributed by atoms with E-state index in [-0.39, 0.29) is 5.78 Å². The second kappa shape index (κ2) is 7.62. The summed E-state index contributed by atoms with van der Waals surface area (Å²) in [6, 6.07) is 12.0. The zero-order valence-corrected chi connectivity index (χ0v) is 16.5. The summed E-state index contributed by atoms with van der Waals surface area (Å²) in [6.07, 6.45) is 3.61. The van der Waals surface area contributed by atoms with Crippen molar-refractivity contribution in [2.75, 3.05) is 7.11 Å². The summed E-state index contributed by atoms with van der Waals surface area (Å²) in [7, 11) is 1.59. The number of ketones is 1. The Morgan fingerprint density at radius 3 is 2.08 bits per heavy atom. The van der Waals surface area contributed by atoms with E-state index in [0.717, 1.165) is 35.0 Å². The maximum absolute atomic E-state index is 11.2. The first-order chi connectivity index (χ1) is 11.6. The van der Waals surface area contributed by atoms with Gasteiger partial charge in [0.05, 0.1) is 5.71 Å². The van der Waals surface area contributed by atoms with Crippen LogP contribution in [0, 0.1) is 0 Å². The van der Waals surface area contributed by atoms with Gasteiger partial charge in [-0.25, -0.2) is 0 Å². The Kier molecular flexibility index (Phi) is 5.51. The smallest absolute Gasteiger partial charge is 0.163 e. The summed E-state index contributed by atoms with van der Waals surface area (Å²) in [6.45, 7) is 0. The molecule has 2 aromatic rings. The second-order valence-corrected chi connectivity index (χ2v) is 7.38. The van der Waals surface area contributed by atoms with Crippen LogP contribution in [0.15, 0.2) is 50.5 Å². The van der Waals surface area contributed by atoms with Gasteiger partial charge >= 0.3 is 0 Å². The number of carbonyl (C=O) groups excluding carboxylic acids is 1. The molecule has 0 bridgehead atoms. The summed E-state index contributed by atoms with van der Waals surface area (Å²) in [4.78, 5) is 16.0. The van der Waals surface area contributed by atoms with Gasteiger partial charge in [-0.15, -0.1) is 0 Å². The highest BCUT2D eigenvalue weighted by Crippen LogP contribution is 2.29. The number of oxime groups is 1. The van der Waals surface area contributed by atoms with Gasteiger partial charge in [-0.2, -0.15) is 0 Å². The van der Waals surface area contributed by atoms with Crippen molar-refractivity contribution < 1.29 is 9.63 Å². The van der Waals surface area contributed by atoms with Crippen LogP contribution in [0.1, 0.15) is 39.9 Å². The predicted octanol–water partition coefficient (Wildman–Crippen LogP) is 5.32. The van der Waals surface area contributed by atoms with E-state index in [4.69, 9.17) is 4.84 Å². The van der Waals surface area contributed by atoms with Gasteiger partial charge < -0.3 is 4.84 Å². The molecule has 0 unspecified atom stereocenters. The number of halogens is 2. The standard InChI is InChI=1S/C10H10BrNO.C9H7BrO/c1-13-12-10-6-5-7-8(10)3-2-4-9(7)11;10-8-3-1-2-7-6(8)4-5-9(7)11/h2-4H,5-6H2,1H3;1-3H,4-5H2. The van der Waals surface area contributed by atoms with Crippen molar-refractivity contribution in [2.24, 2.45) is 5.16 Å². The Hall–Kier alpha value is -1.46. The highest BCUT2D eigenvalue weighted by atomic mass is 79.9. The lowest BCUT2D eigenvalue weighted by Crippen LogP contribution is -1.94. The summed E-state index contributed by atoms with van der Waals surface area (Å²) in [5, 5.41) is 4.00. The van der Waals surface area contributed by atoms with Crippen molar-refractivity contribution in [3.8, 4) is 0 Å². The molecule has 24 heavy (non-hydrogen) atoms. The maximum atomic E-state index is 11.2. The lowest BCUT2D eigenvalue weighted by atomic mass is 10.1. The molecular weight excluding hydrogens is 434 g/mol. The molecule has 0 fully saturated rings. The van der Waals surface area contributed by atoms with Crippen molar-refractivity contribution in [3.05, 3.63) is 67.6 Å². The van der Waals surface area contributed by atoms with Gasteiger partial charge in [0, 0.05) is 26.5 Å². The van der Waals surface area contributed by atoms with Crippen LogP contribution in [0.25, 0.3) is 0 Å². The third kappa shape index (κ3) is 3.47. The molecular formula is C19H17Br2NO2. The van der Waals surface area contributed by atoms with Gasteiger partial charge in [-0.3, -0.25) is 4.79 Å². The number of rotatable bonds is 1. The van der Waals surface area contributed by atoms with Crippen molar-refractivity contribution in [1.82, 2.24) is 0 Å². The number of fused-ring (bicyclic) bond motifs is 2. The molecule has 0 aromatic heterocycles. The van der Waals surface area contributed by atoms with E-state index >= 15 is 0 Å². The fourth-order valence-corrected chi connectivity index (χ4v) is 4.24. The van der Waals surface area contributed by atoms with Crippen LogP contribution in [0.4, 0.5) is 0 Å². The van der Waals surface area contributed by atoms with Crippen LogP contribution in [0.2, 0.25) is 0 Å². The largest absolute Gasteiger partial charge is 0.399 e. The lowest BCUT2D eigenvalue weighted by molar-refractivity contribution is 0.0994. The Balaban J connectivity index is 0.000000143. The molecule has 3 nitrogen and oxygen atoms in total. The van der Waals surface area contributed by atoms with Crippen LogP contribution in [-0.4, -0.2) is 18.6 Å². The average Bonchev–Trinajstić information content (AvgIpc) is 3.15. The van der Waals surface area contributed by atoms with Crippen molar-refractivity contribution >= 4 is 43.4 Å². The topological polar surface area (TPSA) is 38.7 Å². The molecule has 5 heteroatoms. The fraction of sp³-hybridized carbons (Fsp3) is 0.263. The molecule has 0 amide bonds. The number of Topliss-reactive ketones (excluding diaryl/α,β-unsaturated/α-hetero) is 1. The first-order valence-electron chi connectivity index (χ1n) is 7.80. The first-order valence-corrected chi connectivity index (χ1v) is 9.38. The Morgan fingerprint density at radius 1 is 0.875 bits per heavy atom. The van der Waals surface area contributed by atoms with E-state index in [1.807, 2.05) is 24.3 Å². The van der Waals surface area contributed by atoms with Crippen LogP contribution in [0.5, 0.6) is 0 Å². The van der Waals surface area contributed by atoms with Gasteiger partial charge in [0.1, 0.15) is 7.11 Å². The number of carbonyl (C=O) groups is 1. The SMILES string of the molecule is CON=C1CCc2c(Br)cccc21.O=C1CCc2c(Br)cccc21. The highest BCUT2D eigenvalue weighted by Gasteiger charge is 2.20. The minimum Gasteiger partial charge on any atom is -0.399 e. The number of hydrogen-bond donors (Lipinski definition) is 0. The minimum absolute atomic E-state index is 0.279. The van der Waals surface area contributed by atoms with Gasteiger partial charge in [0.15, 0.2) is 5.78 Å². The predicted molar refractivity (Wildman–Crippen MR) is 103 cm³/mol. The van der Waals surface area contributed by atoms with E-state index in [1.54, 1.807) is 7.11 Å². The van der Waals surface area contributed by atoms with Crippen LogP contribution in [0.3, 0.4) is 0 Å². The monoisotopic (exact) mass is 449 g/mol. The van der Waals surface area contributed by atoms with Crippen LogP contribution in [-0.2, 0) is 17.7 Å². The normalized spacial score (nSPS) is 16.5. The van der Waals surface area contributed by atoms with Crippen LogP contribution >= 0.6 is 31.9 Å². The Bertz CT molecular complexity index is 815. The van der Waals surface area contributed by atoms with E-state index < -0.39 is 0 Å². The molecule has 0 spiro atoms. The number of hydrogen-bond acceptors (Lipinski definition) is 3. The molecule has 0 heterocycles. The molecule has 2 aromatic carbocycles. The third-order valence-corrected chi connectivity index (χ3v) is 5.75. The Labute approximate surface area is 158 Å². The van der Waals surface area contributed by atoms with Crippen LogP contribution < -0.4 is 0 Å². The quantitative estimate of drug-likeness (QED) is 0.551. The summed E-state index contributed by atoms with van der Waals surface area (Å²) < 4.78 is 2.24. The van der Waals surface area contributed by atoms with Crippen molar-refractivity contribution in [1.29, 1.82) is 0 Å². The first kappa shape index (κ1) is 17.4. The Morgan fingerprint density at radius 2 is 1.46 bits per heavy atom. The molecule has 0 radical (unpaired) electrons. The third-order valence-electron chi connectivity index (χ3n) is 4.26. The molecule has 0 aliphatic heterocycles. The van der Waals surface area contributed by atoms with Crippen molar-refractivity contribution in [2.45, 2.75) is 25.7 Å². The average molecular weight is 451 g/mol. The van der Waals surface area contributed by atoms with Gasteiger partial charge in [0.25, 0.3) is 0 Å². The lowest BCUT2D eigenvalue weighted by Gasteiger charge is -2.00. The molecule has 0 N–H and O–H groups in total.